The molecule has 0 atom stereocenters. The van der Waals surface area contributed by atoms with E-state index >= 15 is 0 Å². The quantitative estimate of drug-likeness (QED) is 0.683. The van der Waals surface area contributed by atoms with Crippen LogP contribution in [-0.2, 0) is 0 Å². The second-order valence-corrected chi connectivity index (χ2v) is 4.34. The van der Waals surface area contributed by atoms with Crippen LogP contribution in [0.5, 0.6) is 0 Å². The molecule has 0 fully saturated rings. The highest BCUT2D eigenvalue weighted by atomic mass is 79.9. The maximum absolute atomic E-state index is 11.6. The van der Waals surface area contributed by atoms with E-state index in [4.69, 9.17) is 0 Å². The van der Waals surface area contributed by atoms with Gasteiger partial charge in [0.05, 0.1) is 0 Å². The van der Waals surface area contributed by atoms with Crippen molar-refractivity contribution in [1.82, 2.24) is 0 Å². The normalized spacial score (nSPS) is 13.9. The van der Waals surface area contributed by atoms with Gasteiger partial charge in [-0.3, -0.25) is 9.59 Å². The molecule has 15 heavy (non-hydrogen) atoms. The Hall–Kier alpha value is -1.48. The maximum Gasteiger partial charge on any atom is 0.234 e. The number of Topliss-reactive ketones (excluding diaryl/α,β-unsaturated/α-hetero) is 2. The van der Waals surface area contributed by atoms with Crippen molar-refractivity contribution in [2.45, 2.75) is 0 Å². The van der Waals surface area contributed by atoms with Gasteiger partial charge in [-0.2, -0.15) is 0 Å². The van der Waals surface area contributed by atoms with Crippen LogP contribution in [0, 0.1) is 0 Å². The van der Waals surface area contributed by atoms with E-state index in [0.29, 0.717) is 11.1 Å². The Morgan fingerprint density at radius 2 is 1.53 bits per heavy atom. The highest BCUT2D eigenvalue weighted by molar-refractivity contribution is 9.10. The van der Waals surface area contributed by atoms with Gasteiger partial charge in [0.25, 0.3) is 0 Å². The molecule has 0 saturated carbocycles. The van der Waals surface area contributed by atoms with Crippen LogP contribution in [0.3, 0.4) is 0 Å². The van der Waals surface area contributed by atoms with Gasteiger partial charge >= 0.3 is 0 Å². The van der Waals surface area contributed by atoms with Gasteiger partial charge in [-0.1, -0.05) is 34.1 Å². The Morgan fingerprint density at radius 1 is 0.867 bits per heavy atom. The molecule has 1 aliphatic rings. The zero-order chi connectivity index (χ0) is 10.6. The molecular weight excluding hydrogens is 256 g/mol. The van der Waals surface area contributed by atoms with Gasteiger partial charge in [-0.15, -0.1) is 0 Å². The lowest BCUT2D eigenvalue weighted by Crippen LogP contribution is -2.05. The van der Waals surface area contributed by atoms with Crippen molar-refractivity contribution in [3.63, 3.8) is 0 Å². The van der Waals surface area contributed by atoms with E-state index in [1.165, 1.54) is 0 Å². The first-order valence-corrected chi connectivity index (χ1v) is 5.29. The second-order valence-electron chi connectivity index (χ2n) is 3.48. The topological polar surface area (TPSA) is 34.1 Å². The summed E-state index contributed by atoms with van der Waals surface area (Å²) in [7, 11) is 0. The third-order valence-electron chi connectivity index (χ3n) is 2.68. The smallest absolute Gasteiger partial charge is 0.234 e. The Labute approximate surface area is 94.0 Å². The number of hydrogen-bond acceptors (Lipinski definition) is 2. The van der Waals surface area contributed by atoms with E-state index in [0.717, 1.165) is 15.2 Å². The fourth-order valence-corrected chi connectivity index (χ4v) is 2.46. The van der Waals surface area contributed by atoms with Crippen LogP contribution in [0.2, 0.25) is 0 Å². The Kier molecular flexibility index (Phi) is 1.62. The van der Waals surface area contributed by atoms with Crippen molar-refractivity contribution >= 4 is 38.3 Å². The van der Waals surface area contributed by atoms with Crippen molar-refractivity contribution in [2.75, 3.05) is 0 Å². The van der Waals surface area contributed by atoms with Crippen LogP contribution < -0.4 is 0 Å². The van der Waals surface area contributed by atoms with Gasteiger partial charge in [0.15, 0.2) is 0 Å². The molecule has 0 aromatic heterocycles. The summed E-state index contributed by atoms with van der Waals surface area (Å²) in [5, 5.41) is 1.70. The summed E-state index contributed by atoms with van der Waals surface area (Å²) in [4.78, 5) is 23.2. The Balaban J connectivity index is 2.62. The molecule has 3 heteroatoms. The zero-order valence-electron chi connectivity index (χ0n) is 7.58. The van der Waals surface area contributed by atoms with Crippen LogP contribution in [0.1, 0.15) is 20.7 Å². The van der Waals surface area contributed by atoms with Crippen LogP contribution in [0.4, 0.5) is 0 Å². The van der Waals surface area contributed by atoms with Crippen molar-refractivity contribution < 1.29 is 9.59 Å². The summed E-state index contributed by atoms with van der Waals surface area (Å²) in [6.45, 7) is 0. The van der Waals surface area contributed by atoms with Crippen LogP contribution in [-0.4, -0.2) is 11.6 Å². The van der Waals surface area contributed by atoms with Gasteiger partial charge in [-0.25, -0.2) is 0 Å². The van der Waals surface area contributed by atoms with E-state index in [1.807, 2.05) is 6.07 Å². The zero-order valence-corrected chi connectivity index (χ0v) is 9.17. The van der Waals surface area contributed by atoms with Gasteiger partial charge in [0, 0.05) is 21.0 Å². The minimum atomic E-state index is -0.395. The molecule has 1 aliphatic carbocycles. The lowest BCUT2D eigenvalue weighted by Gasteiger charge is -2.01. The SMILES string of the molecule is O=C1C(=O)c2ccc(Br)c3cccc1c23. The Bertz CT molecular complexity index is 609. The van der Waals surface area contributed by atoms with Gasteiger partial charge in [-0.05, 0) is 17.5 Å². The molecule has 0 saturated heterocycles. The number of halogens is 1. The van der Waals surface area contributed by atoms with E-state index in [2.05, 4.69) is 15.9 Å². The molecule has 0 N–H and O–H groups in total. The van der Waals surface area contributed by atoms with Gasteiger partial charge in [0.1, 0.15) is 0 Å². The minimum Gasteiger partial charge on any atom is -0.285 e. The predicted octanol–water partition coefficient (Wildman–Crippen LogP) is 2.98. The highest BCUT2D eigenvalue weighted by Crippen LogP contribution is 2.34. The average molecular weight is 261 g/mol. The lowest BCUT2D eigenvalue weighted by atomic mass is 10.1. The first-order chi connectivity index (χ1) is 7.20. The van der Waals surface area contributed by atoms with Gasteiger partial charge < -0.3 is 0 Å². The molecule has 3 rings (SSSR count). The molecule has 2 nitrogen and oxygen atoms in total. The lowest BCUT2D eigenvalue weighted by molar-refractivity contribution is 0.0825. The average Bonchev–Trinajstić information content (AvgIpc) is 2.50. The highest BCUT2D eigenvalue weighted by Gasteiger charge is 2.30. The number of hydrogen-bond donors (Lipinski definition) is 0. The molecule has 0 heterocycles. The third-order valence-corrected chi connectivity index (χ3v) is 3.37. The van der Waals surface area contributed by atoms with Crippen LogP contribution >= 0.6 is 15.9 Å². The van der Waals surface area contributed by atoms with E-state index in [9.17, 15) is 9.59 Å². The molecule has 2 aromatic carbocycles. The summed E-state index contributed by atoms with van der Waals surface area (Å²) in [6.07, 6.45) is 0. The summed E-state index contributed by atoms with van der Waals surface area (Å²) < 4.78 is 0.908. The number of carbonyl (C=O) groups excluding carboxylic acids is 2. The predicted molar refractivity (Wildman–Crippen MR) is 60.3 cm³/mol. The molecule has 0 spiro atoms. The third kappa shape index (κ3) is 0.984. The molecule has 0 unspecified atom stereocenters. The fourth-order valence-electron chi connectivity index (χ4n) is 1.99. The van der Waals surface area contributed by atoms with Crippen LogP contribution in [0.25, 0.3) is 10.8 Å². The van der Waals surface area contributed by atoms with Gasteiger partial charge in [0.2, 0.25) is 11.6 Å². The van der Waals surface area contributed by atoms with Crippen LogP contribution in [0.15, 0.2) is 34.8 Å². The standard InChI is InChI=1S/C12H5BrO2/c13-9-5-4-8-10-6(9)2-1-3-7(10)11(14)12(8)15/h1-5H. The van der Waals surface area contributed by atoms with Crippen molar-refractivity contribution in [1.29, 1.82) is 0 Å². The molecule has 72 valence electrons. The summed E-state index contributed by atoms with van der Waals surface area (Å²) in [5.74, 6) is -0.789. The summed E-state index contributed by atoms with van der Waals surface area (Å²) in [6, 6.07) is 8.90. The molecule has 0 aliphatic heterocycles. The van der Waals surface area contributed by atoms with Crippen molar-refractivity contribution in [3.8, 4) is 0 Å². The maximum atomic E-state index is 11.6. The second kappa shape index (κ2) is 2.76. The first kappa shape index (κ1) is 8.80. The Morgan fingerprint density at radius 3 is 2.27 bits per heavy atom. The van der Waals surface area contributed by atoms with E-state index in [1.54, 1.807) is 24.3 Å². The number of benzene rings is 2. The largest absolute Gasteiger partial charge is 0.285 e. The molecule has 0 amide bonds. The molecular formula is C12H5BrO2. The summed E-state index contributed by atoms with van der Waals surface area (Å²) in [5.41, 5.74) is 1.04. The number of rotatable bonds is 0. The molecule has 0 bridgehead atoms. The first-order valence-electron chi connectivity index (χ1n) is 4.50. The van der Waals surface area contributed by atoms with Crippen molar-refractivity contribution in [3.05, 3.63) is 45.9 Å². The minimum absolute atomic E-state index is 0.395. The molecule has 0 radical (unpaired) electrons. The van der Waals surface area contributed by atoms with E-state index < -0.39 is 11.6 Å². The number of ketones is 2. The monoisotopic (exact) mass is 260 g/mol. The van der Waals surface area contributed by atoms with E-state index in [-0.39, 0.29) is 0 Å². The summed E-state index contributed by atoms with van der Waals surface area (Å²) >= 11 is 3.41. The number of carbonyl (C=O) groups is 2. The molecule has 2 aromatic rings. The van der Waals surface area contributed by atoms with Crippen molar-refractivity contribution in [2.24, 2.45) is 0 Å². The fraction of sp³-hybridized carbons (Fsp3) is 0.